The van der Waals surface area contributed by atoms with Crippen LogP contribution in [0.25, 0.3) is 10.9 Å². The molecule has 2 heteroatoms. The first-order valence-corrected chi connectivity index (χ1v) is 7.38. The van der Waals surface area contributed by atoms with Gasteiger partial charge in [-0.15, -0.1) is 0 Å². The molecule has 1 N–H and O–H groups in total. The van der Waals surface area contributed by atoms with Crippen molar-refractivity contribution in [3.05, 3.63) is 42.1 Å². The number of pyridine rings is 1. The summed E-state index contributed by atoms with van der Waals surface area (Å²) in [5.41, 5.74) is 2.23. The summed E-state index contributed by atoms with van der Waals surface area (Å²) in [6.07, 6.45) is 3.31. The number of benzene rings is 1. The first-order valence-electron chi connectivity index (χ1n) is 7.38. The molecule has 0 aliphatic rings. The van der Waals surface area contributed by atoms with E-state index < -0.39 is 6.10 Å². The van der Waals surface area contributed by atoms with E-state index in [2.05, 4.69) is 32.7 Å². The van der Waals surface area contributed by atoms with Crippen molar-refractivity contribution in [3.8, 4) is 0 Å². The molecular formula is C18H25NO. The van der Waals surface area contributed by atoms with Crippen LogP contribution in [0, 0.1) is 11.3 Å². The summed E-state index contributed by atoms with van der Waals surface area (Å²) in [5.74, 6) is 0.504. The van der Waals surface area contributed by atoms with Crippen LogP contribution in [-0.2, 0) is 0 Å². The van der Waals surface area contributed by atoms with Gasteiger partial charge in [0.05, 0.1) is 11.6 Å². The molecule has 0 spiro atoms. The van der Waals surface area contributed by atoms with Crippen LogP contribution in [0.5, 0.6) is 0 Å². The third-order valence-electron chi connectivity index (χ3n) is 3.60. The van der Waals surface area contributed by atoms with Crippen molar-refractivity contribution in [2.24, 2.45) is 11.3 Å². The minimum Gasteiger partial charge on any atom is -0.388 e. The lowest BCUT2D eigenvalue weighted by Gasteiger charge is -2.25. The van der Waals surface area contributed by atoms with Crippen LogP contribution in [0.1, 0.15) is 52.2 Å². The zero-order valence-corrected chi connectivity index (χ0v) is 12.9. The third kappa shape index (κ3) is 4.04. The van der Waals surface area contributed by atoms with Gasteiger partial charge in [0.15, 0.2) is 0 Å². The van der Waals surface area contributed by atoms with Crippen molar-refractivity contribution in [2.45, 2.75) is 46.6 Å². The van der Waals surface area contributed by atoms with E-state index in [0.717, 1.165) is 29.3 Å². The van der Waals surface area contributed by atoms with Crippen molar-refractivity contribution in [1.82, 2.24) is 4.98 Å². The quantitative estimate of drug-likeness (QED) is 0.872. The maximum atomic E-state index is 10.4. The Bertz CT molecular complexity index is 571. The van der Waals surface area contributed by atoms with Crippen LogP contribution in [-0.4, -0.2) is 10.1 Å². The average molecular weight is 271 g/mol. The first kappa shape index (κ1) is 15.0. The monoisotopic (exact) mass is 271 g/mol. The van der Waals surface area contributed by atoms with E-state index >= 15 is 0 Å². The van der Waals surface area contributed by atoms with Gasteiger partial charge in [-0.05, 0) is 41.9 Å². The molecule has 20 heavy (non-hydrogen) atoms. The molecule has 0 fully saturated rings. The predicted molar refractivity (Wildman–Crippen MR) is 84.6 cm³/mol. The molecule has 0 aliphatic heterocycles. The highest BCUT2D eigenvalue weighted by Gasteiger charge is 2.19. The summed E-state index contributed by atoms with van der Waals surface area (Å²) in [7, 11) is 0. The third-order valence-corrected chi connectivity index (χ3v) is 3.60. The van der Waals surface area contributed by atoms with Gasteiger partial charge in [0.2, 0.25) is 0 Å². The highest BCUT2D eigenvalue weighted by Crippen LogP contribution is 2.31. The Balaban J connectivity index is 2.09. The summed E-state index contributed by atoms with van der Waals surface area (Å²) in [6, 6.07) is 10.0. The lowest BCUT2D eigenvalue weighted by Crippen LogP contribution is -2.13. The summed E-state index contributed by atoms with van der Waals surface area (Å²) >= 11 is 0. The molecule has 0 radical (unpaired) electrons. The Morgan fingerprint density at radius 1 is 1.20 bits per heavy atom. The molecule has 0 bridgehead atoms. The van der Waals surface area contributed by atoms with Crippen molar-refractivity contribution in [2.75, 3.05) is 0 Å². The second-order valence-corrected chi connectivity index (χ2v) is 7.08. The van der Waals surface area contributed by atoms with Crippen LogP contribution >= 0.6 is 0 Å². The fourth-order valence-electron chi connectivity index (χ4n) is 2.94. The lowest BCUT2D eigenvalue weighted by atomic mass is 9.82. The number of aromatic nitrogens is 1. The molecule has 0 saturated carbocycles. The van der Waals surface area contributed by atoms with Gasteiger partial charge in [0.1, 0.15) is 0 Å². The van der Waals surface area contributed by atoms with Gasteiger partial charge in [-0.2, -0.15) is 0 Å². The molecule has 1 aromatic heterocycles. The SMILES string of the molecule is CC(CC(O)c1ccc2cccnc2c1)CC(C)(C)C. The topological polar surface area (TPSA) is 33.1 Å². The Labute approximate surface area is 121 Å². The highest BCUT2D eigenvalue weighted by atomic mass is 16.3. The molecule has 2 rings (SSSR count). The summed E-state index contributed by atoms with van der Waals surface area (Å²) in [5, 5.41) is 11.5. The Morgan fingerprint density at radius 2 is 1.95 bits per heavy atom. The number of hydrogen-bond donors (Lipinski definition) is 1. The maximum Gasteiger partial charge on any atom is 0.0793 e. The molecule has 108 valence electrons. The van der Waals surface area contributed by atoms with E-state index in [4.69, 9.17) is 0 Å². The van der Waals surface area contributed by atoms with Crippen LogP contribution in [0.4, 0.5) is 0 Å². The number of aliphatic hydroxyl groups is 1. The normalized spacial score (nSPS) is 15.2. The molecular weight excluding hydrogens is 246 g/mol. The Kier molecular flexibility index (Phi) is 4.44. The number of hydrogen-bond acceptors (Lipinski definition) is 2. The second kappa shape index (κ2) is 5.92. The summed E-state index contributed by atoms with van der Waals surface area (Å²) < 4.78 is 0. The number of fused-ring (bicyclic) bond motifs is 1. The minimum absolute atomic E-state index is 0.310. The molecule has 0 aliphatic carbocycles. The molecule has 2 aromatic rings. The van der Waals surface area contributed by atoms with E-state index in [1.54, 1.807) is 6.20 Å². The van der Waals surface area contributed by atoms with Gasteiger partial charge < -0.3 is 5.11 Å². The van der Waals surface area contributed by atoms with Crippen molar-refractivity contribution >= 4 is 10.9 Å². The van der Waals surface area contributed by atoms with Crippen LogP contribution in [0.15, 0.2) is 36.5 Å². The zero-order chi connectivity index (χ0) is 14.8. The largest absolute Gasteiger partial charge is 0.388 e. The van der Waals surface area contributed by atoms with E-state index in [9.17, 15) is 5.11 Å². The van der Waals surface area contributed by atoms with E-state index in [0.29, 0.717) is 11.3 Å². The fraction of sp³-hybridized carbons (Fsp3) is 0.500. The van der Waals surface area contributed by atoms with Gasteiger partial charge in [-0.25, -0.2) is 0 Å². The van der Waals surface area contributed by atoms with E-state index in [1.165, 1.54) is 0 Å². The Morgan fingerprint density at radius 3 is 2.65 bits per heavy atom. The van der Waals surface area contributed by atoms with Crippen LogP contribution in [0.3, 0.4) is 0 Å². The van der Waals surface area contributed by atoms with E-state index in [1.807, 2.05) is 30.3 Å². The standard InChI is InChI=1S/C18H25NO/c1-13(12-18(2,3)4)10-17(20)15-8-7-14-6-5-9-19-16(14)11-15/h5-9,11,13,17,20H,10,12H2,1-4H3. The van der Waals surface area contributed by atoms with Gasteiger partial charge in [-0.3, -0.25) is 4.98 Å². The molecule has 1 heterocycles. The van der Waals surface area contributed by atoms with Gasteiger partial charge >= 0.3 is 0 Å². The predicted octanol–water partition coefficient (Wildman–Crippen LogP) is 4.73. The molecule has 2 nitrogen and oxygen atoms in total. The first-order chi connectivity index (χ1) is 9.35. The van der Waals surface area contributed by atoms with E-state index in [-0.39, 0.29) is 0 Å². The maximum absolute atomic E-state index is 10.4. The van der Waals surface area contributed by atoms with Crippen molar-refractivity contribution in [1.29, 1.82) is 0 Å². The summed E-state index contributed by atoms with van der Waals surface area (Å²) in [6.45, 7) is 8.95. The van der Waals surface area contributed by atoms with Gasteiger partial charge in [0, 0.05) is 11.6 Å². The fourth-order valence-corrected chi connectivity index (χ4v) is 2.94. The molecule has 2 unspecified atom stereocenters. The minimum atomic E-state index is -0.404. The lowest BCUT2D eigenvalue weighted by molar-refractivity contribution is 0.134. The number of rotatable bonds is 4. The summed E-state index contributed by atoms with van der Waals surface area (Å²) in [4.78, 5) is 4.35. The van der Waals surface area contributed by atoms with Crippen LogP contribution in [0.2, 0.25) is 0 Å². The smallest absolute Gasteiger partial charge is 0.0793 e. The molecule has 0 saturated heterocycles. The second-order valence-electron chi connectivity index (χ2n) is 7.08. The molecule has 1 aromatic carbocycles. The molecule has 0 amide bonds. The molecule has 2 atom stereocenters. The Hall–Kier alpha value is -1.41. The van der Waals surface area contributed by atoms with Crippen LogP contribution < -0.4 is 0 Å². The average Bonchev–Trinajstić information content (AvgIpc) is 2.35. The highest BCUT2D eigenvalue weighted by molar-refractivity contribution is 5.78. The van der Waals surface area contributed by atoms with Gasteiger partial charge in [0.25, 0.3) is 0 Å². The van der Waals surface area contributed by atoms with Gasteiger partial charge in [-0.1, -0.05) is 45.9 Å². The number of nitrogens with zero attached hydrogens (tertiary/aromatic N) is 1. The van der Waals surface area contributed by atoms with Crippen molar-refractivity contribution in [3.63, 3.8) is 0 Å². The number of aliphatic hydroxyl groups excluding tert-OH is 1. The zero-order valence-electron chi connectivity index (χ0n) is 12.9. The van der Waals surface area contributed by atoms with Crippen molar-refractivity contribution < 1.29 is 5.11 Å².